The number of aliphatic hydroxyl groups is 1. The second kappa shape index (κ2) is 7.77. The van der Waals surface area contributed by atoms with Gasteiger partial charge in [0.2, 0.25) is 0 Å². The van der Waals surface area contributed by atoms with Crippen LogP contribution in [0.4, 0.5) is 0 Å². The zero-order valence-corrected chi connectivity index (χ0v) is 14.7. The van der Waals surface area contributed by atoms with Crippen LogP contribution < -0.4 is 0 Å². The van der Waals surface area contributed by atoms with Gasteiger partial charge >= 0.3 is 0 Å². The lowest BCUT2D eigenvalue weighted by molar-refractivity contribution is 0.0544. The molecular weight excluding hydrogens is 288 g/mol. The fraction of sp³-hybridized carbons (Fsp3) is 0.833. The highest BCUT2D eigenvalue weighted by atomic mass is 16.3. The maximum Gasteiger partial charge on any atom is 0.0534 e. The van der Waals surface area contributed by atoms with E-state index in [1.807, 2.05) is 6.20 Å². The predicted molar refractivity (Wildman–Crippen MR) is 92.3 cm³/mol. The monoisotopic (exact) mass is 320 g/mol. The van der Waals surface area contributed by atoms with Crippen LogP contribution in [0.3, 0.4) is 0 Å². The van der Waals surface area contributed by atoms with Crippen LogP contribution in [0.5, 0.6) is 0 Å². The molecule has 0 aliphatic carbocycles. The van der Waals surface area contributed by atoms with Gasteiger partial charge in [0.15, 0.2) is 0 Å². The molecule has 0 radical (unpaired) electrons. The van der Waals surface area contributed by atoms with Crippen molar-refractivity contribution in [2.24, 2.45) is 5.92 Å². The Labute approximate surface area is 140 Å². The Hall–Kier alpha value is -0.910. The fourth-order valence-corrected chi connectivity index (χ4v) is 3.97. The molecule has 2 saturated heterocycles. The summed E-state index contributed by atoms with van der Waals surface area (Å²) in [5.74, 6) is 0.535. The highest BCUT2D eigenvalue weighted by Gasteiger charge is 2.28. The summed E-state index contributed by atoms with van der Waals surface area (Å²) in [4.78, 5) is 5.25. The highest BCUT2D eigenvalue weighted by Crippen LogP contribution is 2.24. The van der Waals surface area contributed by atoms with Crippen molar-refractivity contribution in [1.29, 1.82) is 0 Å². The minimum absolute atomic E-state index is 0.366. The molecule has 3 heterocycles. The van der Waals surface area contributed by atoms with Crippen LogP contribution in [0.1, 0.15) is 51.1 Å². The van der Waals surface area contributed by atoms with Crippen LogP contribution in [-0.2, 0) is 6.54 Å². The first kappa shape index (κ1) is 16.9. The van der Waals surface area contributed by atoms with Crippen molar-refractivity contribution in [1.82, 2.24) is 19.6 Å². The molecule has 2 aliphatic rings. The van der Waals surface area contributed by atoms with E-state index in [1.54, 1.807) is 0 Å². The highest BCUT2D eigenvalue weighted by molar-refractivity contribution is 5.04. The predicted octanol–water partition coefficient (Wildman–Crippen LogP) is 2.13. The summed E-state index contributed by atoms with van der Waals surface area (Å²) in [5, 5.41) is 13.8. The summed E-state index contributed by atoms with van der Waals surface area (Å²) in [6.07, 6.45) is 9.16. The molecule has 0 bridgehead atoms. The molecule has 0 unspecified atom stereocenters. The Morgan fingerprint density at radius 1 is 1.22 bits per heavy atom. The molecule has 0 saturated carbocycles. The largest absolute Gasteiger partial charge is 0.396 e. The summed E-state index contributed by atoms with van der Waals surface area (Å²) in [6, 6.07) is 1.13. The Kier molecular flexibility index (Phi) is 5.72. The Morgan fingerprint density at radius 3 is 2.65 bits per heavy atom. The van der Waals surface area contributed by atoms with Crippen molar-refractivity contribution >= 4 is 0 Å². The smallest absolute Gasteiger partial charge is 0.0534 e. The maximum atomic E-state index is 9.30. The van der Waals surface area contributed by atoms with Gasteiger partial charge in [-0.3, -0.25) is 14.5 Å². The van der Waals surface area contributed by atoms with Crippen LogP contribution in [0.25, 0.3) is 0 Å². The maximum absolute atomic E-state index is 9.30. The Balaban J connectivity index is 1.51. The van der Waals surface area contributed by atoms with Gasteiger partial charge in [0.05, 0.1) is 6.20 Å². The van der Waals surface area contributed by atoms with E-state index in [9.17, 15) is 5.11 Å². The Bertz CT molecular complexity index is 479. The number of nitrogens with zero attached hydrogens (tertiary/aromatic N) is 4. The minimum atomic E-state index is 0.366. The Morgan fingerprint density at radius 2 is 2.00 bits per heavy atom. The van der Waals surface area contributed by atoms with E-state index in [2.05, 4.69) is 39.6 Å². The molecular formula is C18H32N4O. The molecule has 1 atom stereocenters. The van der Waals surface area contributed by atoms with Crippen LogP contribution in [0, 0.1) is 5.92 Å². The molecule has 1 N–H and O–H groups in total. The topological polar surface area (TPSA) is 44.5 Å². The lowest BCUT2D eigenvalue weighted by atomic mass is 9.94. The second-order valence-electron chi connectivity index (χ2n) is 7.62. The van der Waals surface area contributed by atoms with Gasteiger partial charge in [-0.2, -0.15) is 5.10 Å². The quantitative estimate of drug-likeness (QED) is 0.903. The molecule has 0 amide bonds. The number of likely N-dealkylation sites (tertiary alicyclic amines) is 2. The van der Waals surface area contributed by atoms with E-state index in [-0.39, 0.29) is 0 Å². The average Bonchev–Trinajstić information content (AvgIpc) is 3.04. The summed E-state index contributed by atoms with van der Waals surface area (Å²) in [6.45, 7) is 10.4. The third-order valence-electron chi connectivity index (χ3n) is 5.49. The third-order valence-corrected chi connectivity index (χ3v) is 5.49. The minimum Gasteiger partial charge on any atom is -0.396 e. The van der Waals surface area contributed by atoms with Crippen LogP contribution in [0.15, 0.2) is 12.4 Å². The molecule has 3 rings (SSSR count). The first-order valence-electron chi connectivity index (χ1n) is 9.26. The number of aromatic nitrogens is 2. The lowest BCUT2D eigenvalue weighted by Gasteiger charge is -2.42. The number of hydrogen-bond donors (Lipinski definition) is 1. The van der Waals surface area contributed by atoms with E-state index in [4.69, 9.17) is 0 Å². The van der Waals surface area contributed by atoms with Crippen molar-refractivity contribution in [3.8, 4) is 0 Å². The van der Waals surface area contributed by atoms with Crippen LogP contribution >= 0.6 is 0 Å². The van der Waals surface area contributed by atoms with Crippen molar-refractivity contribution < 1.29 is 5.11 Å². The molecule has 0 spiro atoms. The van der Waals surface area contributed by atoms with Gasteiger partial charge in [-0.05, 0) is 65.1 Å². The molecule has 5 nitrogen and oxygen atoms in total. The molecule has 130 valence electrons. The van der Waals surface area contributed by atoms with Gasteiger partial charge < -0.3 is 5.11 Å². The first-order chi connectivity index (χ1) is 11.2. The molecule has 1 aromatic heterocycles. The van der Waals surface area contributed by atoms with E-state index >= 15 is 0 Å². The molecule has 5 heteroatoms. The van der Waals surface area contributed by atoms with Crippen molar-refractivity contribution in [3.05, 3.63) is 18.0 Å². The summed E-state index contributed by atoms with van der Waals surface area (Å²) in [7, 11) is 0. The van der Waals surface area contributed by atoms with Crippen LogP contribution in [0.2, 0.25) is 0 Å². The molecule has 2 fully saturated rings. The second-order valence-corrected chi connectivity index (χ2v) is 7.62. The van der Waals surface area contributed by atoms with Gasteiger partial charge in [-0.1, -0.05) is 0 Å². The van der Waals surface area contributed by atoms with E-state index in [0.29, 0.717) is 24.6 Å². The SMILES string of the molecule is CC(C)n1cc(CN2CCC[C@@H](N3CCC(CO)CC3)C2)cn1. The first-order valence-corrected chi connectivity index (χ1v) is 9.26. The summed E-state index contributed by atoms with van der Waals surface area (Å²) < 4.78 is 2.05. The van der Waals surface area contributed by atoms with Crippen molar-refractivity contribution in [3.63, 3.8) is 0 Å². The molecule has 2 aliphatic heterocycles. The summed E-state index contributed by atoms with van der Waals surface area (Å²) >= 11 is 0. The summed E-state index contributed by atoms with van der Waals surface area (Å²) in [5.41, 5.74) is 1.33. The van der Waals surface area contributed by atoms with E-state index < -0.39 is 0 Å². The number of hydrogen-bond acceptors (Lipinski definition) is 4. The zero-order valence-electron chi connectivity index (χ0n) is 14.7. The van der Waals surface area contributed by atoms with Gasteiger partial charge in [0, 0.05) is 43.5 Å². The zero-order chi connectivity index (χ0) is 16.2. The number of piperidine rings is 2. The van der Waals surface area contributed by atoms with E-state index in [1.165, 1.54) is 31.5 Å². The number of rotatable bonds is 5. The number of aliphatic hydroxyl groups excluding tert-OH is 1. The van der Waals surface area contributed by atoms with Crippen molar-refractivity contribution in [2.45, 2.75) is 58.2 Å². The van der Waals surface area contributed by atoms with Crippen molar-refractivity contribution in [2.75, 3.05) is 32.8 Å². The van der Waals surface area contributed by atoms with E-state index in [0.717, 1.165) is 32.5 Å². The van der Waals surface area contributed by atoms with Gasteiger partial charge in [0.1, 0.15) is 0 Å². The molecule has 1 aromatic rings. The van der Waals surface area contributed by atoms with Crippen LogP contribution in [-0.4, -0.2) is 63.5 Å². The normalized spacial score (nSPS) is 25.3. The third kappa shape index (κ3) is 4.34. The molecule has 0 aromatic carbocycles. The fourth-order valence-electron chi connectivity index (χ4n) is 3.97. The lowest BCUT2D eigenvalue weighted by Crippen LogP contribution is -2.50. The van der Waals surface area contributed by atoms with Gasteiger partial charge in [-0.15, -0.1) is 0 Å². The average molecular weight is 320 g/mol. The van der Waals surface area contributed by atoms with Gasteiger partial charge in [0.25, 0.3) is 0 Å². The standard InChI is InChI=1S/C18H32N4O/c1-15(2)22-12-17(10-19-22)11-20-7-3-4-18(13-20)21-8-5-16(14-23)6-9-21/h10,12,15-16,18,23H,3-9,11,13-14H2,1-2H3/t18-/m1/s1. The molecule has 23 heavy (non-hydrogen) atoms. The van der Waals surface area contributed by atoms with Gasteiger partial charge in [-0.25, -0.2) is 0 Å².